The number of hydrogen-bond donors (Lipinski definition) is 0. The standard InChI is InChI=1S/C15H17NOS/c1-12-5-3-4-10-16(12)11-15(17)13-6-8-14(18-2)9-7-13/h3-10,12H,11H2,1-2H3. The lowest BCUT2D eigenvalue weighted by atomic mass is 10.1. The number of Topliss-reactive ketones (excluding diaryl/α,β-unsaturated/α-hetero) is 1. The van der Waals surface area contributed by atoms with Crippen LogP contribution in [0.2, 0.25) is 0 Å². The summed E-state index contributed by atoms with van der Waals surface area (Å²) >= 11 is 1.68. The van der Waals surface area contributed by atoms with Crippen molar-refractivity contribution in [2.24, 2.45) is 0 Å². The average molecular weight is 259 g/mol. The zero-order valence-corrected chi connectivity index (χ0v) is 11.5. The molecule has 0 saturated heterocycles. The molecule has 1 unspecified atom stereocenters. The van der Waals surface area contributed by atoms with E-state index in [-0.39, 0.29) is 11.8 Å². The Morgan fingerprint density at radius 2 is 2.00 bits per heavy atom. The highest BCUT2D eigenvalue weighted by molar-refractivity contribution is 7.98. The van der Waals surface area contributed by atoms with Crippen LogP contribution in [0.15, 0.2) is 53.6 Å². The van der Waals surface area contributed by atoms with E-state index in [4.69, 9.17) is 0 Å². The van der Waals surface area contributed by atoms with E-state index in [1.54, 1.807) is 11.8 Å². The molecule has 1 aliphatic rings. The van der Waals surface area contributed by atoms with Crippen molar-refractivity contribution in [2.75, 3.05) is 12.8 Å². The summed E-state index contributed by atoms with van der Waals surface area (Å²) in [5.41, 5.74) is 0.781. The van der Waals surface area contributed by atoms with Gasteiger partial charge in [-0.1, -0.05) is 24.3 Å². The Morgan fingerprint density at radius 1 is 1.28 bits per heavy atom. The van der Waals surface area contributed by atoms with Crippen molar-refractivity contribution in [2.45, 2.75) is 17.9 Å². The van der Waals surface area contributed by atoms with Gasteiger partial charge in [-0.2, -0.15) is 0 Å². The van der Waals surface area contributed by atoms with E-state index in [0.29, 0.717) is 6.54 Å². The number of thioether (sulfide) groups is 1. The first kappa shape index (κ1) is 13.0. The summed E-state index contributed by atoms with van der Waals surface area (Å²) < 4.78 is 0. The van der Waals surface area contributed by atoms with E-state index in [1.807, 2.05) is 53.8 Å². The molecule has 0 saturated carbocycles. The second-order valence-electron chi connectivity index (χ2n) is 4.29. The second-order valence-corrected chi connectivity index (χ2v) is 5.17. The molecule has 0 aliphatic carbocycles. The lowest BCUT2D eigenvalue weighted by molar-refractivity contribution is 0.0946. The van der Waals surface area contributed by atoms with Crippen LogP contribution in [0.5, 0.6) is 0 Å². The van der Waals surface area contributed by atoms with E-state index in [0.717, 1.165) is 5.56 Å². The van der Waals surface area contributed by atoms with E-state index in [2.05, 4.69) is 13.0 Å². The van der Waals surface area contributed by atoms with Gasteiger partial charge in [0.1, 0.15) is 0 Å². The Hall–Kier alpha value is -1.48. The molecular formula is C15H17NOS. The Morgan fingerprint density at radius 3 is 2.61 bits per heavy atom. The zero-order valence-electron chi connectivity index (χ0n) is 10.7. The lowest BCUT2D eigenvalue weighted by Crippen LogP contribution is -2.32. The largest absolute Gasteiger partial charge is 0.364 e. The van der Waals surface area contributed by atoms with Crippen molar-refractivity contribution < 1.29 is 4.79 Å². The Bertz CT molecular complexity index is 476. The summed E-state index contributed by atoms with van der Waals surface area (Å²) in [6.07, 6.45) is 10.1. The number of allylic oxidation sites excluding steroid dienone is 2. The van der Waals surface area contributed by atoms with E-state index < -0.39 is 0 Å². The number of rotatable bonds is 4. The fourth-order valence-corrected chi connectivity index (χ4v) is 2.27. The molecule has 0 fully saturated rings. The van der Waals surface area contributed by atoms with Gasteiger partial charge in [0.15, 0.2) is 5.78 Å². The second kappa shape index (κ2) is 5.91. The van der Waals surface area contributed by atoms with Gasteiger partial charge in [-0.15, -0.1) is 11.8 Å². The number of benzene rings is 1. The number of ketones is 1. The number of carbonyl (C=O) groups is 1. The van der Waals surface area contributed by atoms with Crippen LogP contribution in [0.25, 0.3) is 0 Å². The third kappa shape index (κ3) is 3.05. The normalized spacial score (nSPS) is 18.1. The third-order valence-corrected chi connectivity index (χ3v) is 3.78. The minimum absolute atomic E-state index is 0.162. The SMILES string of the molecule is CSc1ccc(C(=O)CN2C=CC=CC2C)cc1. The van der Waals surface area contributed by atoms with Crippen LogP contribution in [0.3, 0.4) is 0 Å². The molecule has 1 aromatic rings. The van der Waals surface area contributed by atoms with Crippen LogP contribution in [0, 0.1) is 0 Å². The summed E-state index contributed by atoms with van der Waals surface area (Å²) in [6.45, 7) is 2.52. The third-order valence-electron chi connectivity index (χ3n) is 3.04. The molecule has 94 valence electrons. The molecule has 18 heavy (non-hydrogen) atoms. The maximum Gasteiger partial charge on any atom is 0.182 e. The molecule has 1 heterocycles. The van der Waals surface area contributed by atoms with Gasteiger partial charge in [0, 0.05) is 22.7 Å². The number of hydrogen-bond acceptors (Lipinski definition) is 3. The molecule has 0 spiro atoms. The van der Waals surface area contributed by atoms with Crippen LogP contribution < -0.4 is 0 Å². The lowest BCUT2D eigenvalue weighted by Gasteiger charge is -2.26. The number of nitrogens with zero attached hydrogens (tertiary/aromatic N) is 1. The molecule has 1 aromatic carbocycles. The summed E-state index contributed by atoms with van der Waals surface area (Å²) in [7, 11) is 0. The van der Waals surface area contributed by atoms with Crippen LogP contribution >= 0.6 is 11.8 Å². The fraction of sp³-hybridized carbons (Fsp3) is 0.267. The van der Waals surface area contributed by atoms with Crippen molar-refractivity contribution in [3.05, 3.63) is 54.3 Å². The smallest absolute Gasteiger partial charge is 0.182 e. The average Bonchev–Trinajstić information content (AvgIpc) is 2.41. The van der Waals surface area contributed by atoms with Gasteiger partial charge in [-0.25, -0.2) is 0 Å². The molecule has 1 aliphatic heterocycles. The van der Waals surface area contributed by atoms with E-state index >= 15 is 0 Å². The number of carbonyl (C=O) groups excluding carboxylic acids is 1. The fourth-order valence-electron chi connectivity index (χ4n) is 1.86. The molecule has 3 heteroatoms. The Kier molecular flexibility index (Phi) is 4.26. The minimum atomic E-state index is 0.162. The molecule has 2 nitrogen and oxygen atoms in total. The van der Waals surface area contributed by atoms with Gasteiger partial charge < -0.3 is 4.90 Å². The first-order chi connectivity index (χ1) is 8.70. The topological polar surface area (TPSA) is 20.3 Å². The molecule has 2 rings (SSSR count). The predicted molar refractivity (Wildman–Crippen MR) is 77.0 cm³/mol. The van der Waals surface area contributed by atoms with Gasteiger partial charge in [-0.3, -0.25) is 4.79 Å². The Balaban J connectivity index is 2.03. The summed E-state index contributed by atoms with van der Waals surface area (Å²) in [4.78, 5) is 15.4. The highest BCUT2D eigenvalue weighted by Crippen LogP contribution is 2.16. The molecule has 0 amide bonds. The van der Waals surface area contributed by atoms with Crippen molar-refractivity contribution >= 4 is 17.5 Å². The monoisotopic (exact) mass is 259 g/mol. The van der Waals surface area contributed by atoms with Gasteiger partial charge in [-0.05, 0) is 31.4 Å². The van der Waals surface area contributed by atoms with Crippen LogP contribution in [0.4, 0.5) is 0 Å². The zero-order chi connectivity index (χ0) is 13.0. The van der Waals surface area contributed by atoms with Crippen molar-refractivity contribution in [3.8, 4) is 0 Å². The maximum absolute atomic E-state index is 12.2. The molecule has 0 N–H and O–H groups in total. The quantitative estimate of drug-likeness (QED) is 0.611. The van der Waals surface area contributed by atoms with Gasteiger partial charge in [0.25, 0.3) is 0 Å². The molecule has 0 radical (unpaired) electrons. The molecule has 1 atom stereocenters. The van der Waals surface area contributed by atoms with Gasteiger partial charge in [0.05, 0.1) is 6.54 Å². The summed E-state index contributed by atoms with van der Waals surface area (Å²) in [6, 6.07) is 8.08. The predicted octanol–water partition coefficient (Wildman–Crippen LogP) is 3.37. The summed E-state index contributed by atoms with van der Waals surface area (Å²) in [5, 5.41) is 0. The van der Waals surface area contributed by atoms with Crippen molar-refractivity contribution in [1.82, 2.24) is 4.90 Å². The maximum atomic E-state index is 12.2. The highest BCUT2D eigenvalue weighted by Gasteiger charge is 2.14. The van der Waals surface area contributed by atoms with E-state index in [1.165, 1.54) is 4.90 Å². The first-order valence-electron chi connectivity index (χ1n) is 5.98. The first-order valence-corrected chi connectivity index (χ1v) is 7.21. The van der Waals surface area contributed by atoms with Gasteiger partial charge in [0.2, 0.25) is 0 Å². The Labute approximate surface area is 112 Å². The molecule has 0 bridgehead atoms. The molecule has 0 aromatic heterocycles. The van der Waals surface area contributed by atoms with Crippen molar-refractivity contribution in [3.63, 3.8) is 0 Å². The molecular weight excluding hydrogens is 242 g/mol. The minimum Gasteiger partial charge on any atom is -0.364 e. The van der Waals surface area contributed by atoms with Crippen LogP contribution in [-0.4, -0.2) is 29.5 Å². The van der Waals surface area contributed by atoms with Crippen LogP contribution in [-0.2, 0) is 0 Å². The highest BCUT2D eigenvalue weighted by atomic mass is 32.2. The van der Waals surface area contributed by atoms with Gasteiger partial charge >= 0.3 is 0 Å². The summed E-state index contributed by atoms with van der Waals surface area (Å²) in [5.74, 6) is 0.162. The van der Waals surface area contributed by atoms with Crippen molar-refractivity contribution in [1.29, 1.82) is 0 Å². The van der Waals surface area contributed by atoms with Crippen LogP contribution in [0.1, 0.15) is 17.3 Å². The van der Waals surface area contributed by atoms with E-state index in [9.17, 15) is 4.79 Å².